The number of aromatic nitrogens is 2. The molecule has 2 rings (SSSR count). The molecule has 0 atom stereocenters. The van der Waals surface area contributed by atoms with Gasteiger partial charge in [0.2, 0.25) is 0 Å². The van der Waals surface area contributed by atoms with Crippen LogP contribution >= 0.6 is 0 Å². The quantitative estimate of drug-likeness (QED) is 0.660. The van der Waals surface area contributed by atoms with Gasteiger partial charge in [0.15, 0.2) is 6.61 Å². The number of amides is 2. The number of H-pyrrole nitrogens is 1. The van der Waals surface area contributed by atoms with Gasteiger partial charge in [0.25, 0.3) is 0 Å². The number of aliphatic carboxylic acids is 1. The van der Waals surface area contributed by atoms with Gasteiger partial charge in [-0.3, -0.25) is 5.10 Å². The number of nitrogens with one attached hydrogen (secondary N) is 3. The van der Waals surface area contributed by atoms with E-state index >= 15 is 0 Å². The first-order chi connectivity index (χ1) is 9.63. The molecule has 0 aliphatic rings. The van der Waals surface area contributed by atoms with Gasteiger partial charge in [-0.05, 0) is 24.3 Å². The van der Waals surface area contributed by atoms with E-state index in [1.807, 2.05) is 0 Å². The van der Waals surface area contributed by atoms with Crippen LogP contribution in [0.4, 0.5) is 16.2 Å². The Morgan fingerprint density at radius 2 is 1.90 bits per heavy atom. The second-order valence-corrected chi connectivity index (χ2v) is 3.77. The average molecular weight is 276 g/mol. The molecule has 1 heterocycles. The molecule has 8 heteroatoms. The van der Waals surface area contributed by atoms with Gasteiger partial charge in [-0.15, -0.1) is 0 Å². The monoisotopic (exact) mass is 276 g/mol. The number of hydrogen-bond acceptors (Lipinski definition) is 4. The van der Waals surface area contributed by atoms with E-state index in [-0.39, 0.29) is 0 Å². The van der Waals surface area contributed by atoms with Crippen LogP contribution in [0.5, 0.6) is 5.75 Å². The molecule has 2 aromatic rings. The zero-order chi connectivity index (χ0) is 14.4. The predicted octanol–water partition coefficient (Wildman–Crippen LogP) is 1.52. The van der Waals surface area contributed by atoms with Crippen LogP contribution in [0.3, 0.4) is 0 Å². The lowest BCUT2D eigenvalue weighted by molar-refractivity contribution is -0.139. The summed E-state index contributed by atoms with van der Waals surface area (Å²) in [4.78, 5) is 21.9. The van der Waals surface area contributed by atoms with Crippen LogP contribution in [0.2, 0.25) is 0 Å². The van der Waals surface area contributed by atoms with Crippen molar-refractivity contribution >= 4 is 23.4 Å². The molecule has 4 N–H and O–H groups in total. The van der Waals surface area contributed by atoms with Crippen LogP contribution in [-0.4, -0.2) is 33.9 Å². The number of urea groups is 1. The van der Waals surface area contributed by atoms with Crippen molar-refractivity contribution in [3.8, 4) is 5.75 Å². The molecule has 0 bridgehead atoms. The largest absolute Gasteiger partial charge is 0.482 e. The number of carbonyl (C=O) groups is 2. The van der Waals surface area contributed by atoms with E-state index in [0.29, 0.717) is 17.1 Å². The lowest BCUT2D eigenvalue weighted by Crippen LogP contribution is -2.19. The fourth-order valence-corrected chi connectivity index (χ4v) is 1.39. The summed E-state index contributed by atoms with van der Waals surface area (Å²) >= 11 is 0. The minimum absolute atomic E-state index is 0.409. The summed E-state index contributed by atoms with van der Waals surface area (Å²) in [6, 6.07) is 5.93. The molecule has 20 heavy (non-hydrogen) atoms. The first-order valence-electron chi connectivity index (χ1n) is 5.65. The molecule has 8 nitrogen and oxygen atoms in total. The topological polar surface area (TPSA) is 116 Å². The molecule has 104 valence electrons. The van der Waals surface area contributed by atoms with E-state index in [1.165, 1.54) is 6.20 Å². The molecule has 1 aromatic heterocycles. The lowest BCUT2D eigenvalue weighted by atomic mass is 10.3. The van der Waals surface area contributed by atoms with Crippen molar-refractivity contribution in [2.24, 2.45) is 0 Å². The lowest BCUT2D eigenvalue weighted by Gasteiger charge is -2.07. The summed E-state index contributed by atoms with van der Waals surface area (Å²) in [6.07, 6.45) is 3.02. The number of nitrogens with zero attached hydrogens (tertiary/aromatic N) is 1. The molecule has 0 unspecified atom stereocenters. The average Bonchev–Trinajstić information content (AvgIpc) is 2.90. The molecule has 0 saturated heterocycles. The molecule has 2 amide bonds. The Morgan fingerprint density at radius 1 is 1.20 bits per heavy atom. The zero-order valence-corrected chi connectivity index (χ0v) is 10.3. The first kappa shape index (κ1) is 13.4. The van der Waals surface area contributed by atoms with Crippen LogP contribution in [0.1, 0.15) is 0 Å². The Hall–Kier alpha value is -3.03. The Bertz CT molecular complexity index is 580. The number of anilines is 2. The number of rotatable bonds is 5. The standard InChI is InChI=1S/C12H12N4O4/c17-11(18)7-20-10-3-1-8(2-4-10)15-12(19)16-9-5-13-14-6-9/h1-6H,7H2,(H,13,14)(H,17,18)(H2,15,16,19). The molecule has 0 aliphatic carbocycles. The van der Waals surface area contributed by atoms with E-state index < -0.39 is 18.6 Å². The SMILES string of the molecule is O=C(O)COc1ccc(NC(=O)Nc2cn[nH]c2)cc1. The van der Waals surface area contributed by atoms with Crippen molar-refractivity contribution in [2.45, 2.75) is 0 Å². The summed E-state index contributed by atoms with van der Waals surface area (Å²) in [5.74, 6) is -0.639. The van der Waals surface area contributed by atoms with E-state index in [2.05, 4.69) is 20.8 Å². The van der Waals surface area contributed by atoms with Crippen LogP contribution in [0, 0.1) is 0 Å². The molecule has 1 aromatic carbocycles. The normalized spacial score (nSPS) is 9.80. The van der Waals surface area contributed by atoms with Crippen molar-refractivity contribution in [1.29, 1.82) is 0 Å². The minimum atomic E-state index is -1.05. The Balaban J connectivity index is 1.86. The number of ether oxygens (including phenoxy) is 1. The van der Waals surface area contributed by atoms with Crippen LogP contribution in [-0.2, 0) is 4.79 Å². The molecule has 0 saturated carbocycles. The number of carbonyl (C=O) groups excluding carboxylic acids is 1. The fourth-order valence-electron chi connectivity index (χ4n) is 1.39. The first-order valence-corrected chi connectivity index (χ1v) is 5.65. The summed E-state index contributed by atoms with van der Waals surface area (Å²) in [5.41, 5.74) is 1.09. The fraction of sp³-hybridized carbons (Fsp3) is 0.0833. The van der Waals surface area contributed by atoms with Gasteiger partial charge < -0.3 is 20.5 Å². The third-order valence-electron chi connectivity index (χ3n) is 2.23. The van der Waals surface area contributed by atoms with Crippen molar-refractivity contribution < 1.29 is 19.4 Å². The highest BCUT2D eigenvalue weighted by Crippen LogP contribution is 2.16. The Labute approximate surface area is 113 Å². The maximum absolute atomic E-state index is 11.6. The Morgan fingerprint density at radius 3 is 2.50 bits per heavy atom. The van der Waals surface area contributed by atoms with Crippen LogP contribution in [0.25, 0.3) is 0 Å². The van der Waals surface area contributed by atoms with E-state index in [9.17, 15) is 9.59 Å². The van der Waals surface area contributed by atoms with Gasteiger partial charge in [-0.25, -0.2) is 9.59 Å². The maximum Gasteiger partial charge on any atom is 0.341 e. The van der Waals surface area contributed by atoms with E-state index in [1.54, 1.807) is 30.5 Å². The van der Waals surface area contributed by atoms with Crippen molar-refractivity contribution in [1.82, 2.24) is 10.2 Å². The maximum atomic E-state index is 11.6. The third kappa shape index (κ3) is 4.02. The third-order valence-corrected chi connectivity index (χ3v) is 2.23. The predicted molar refractivity (Wildman–Crippen MR) is 70.8 cm³/mol. The number of aromatic amines is 1. The van der Waals surface area contributed by atoms with Crippen LogP contribution in [0.15, 0.2) is 36.7 Å². The number of hydrogen-bond donors (Lipinski definition) is 4. The smallest absolute Gasteiger partial charge is 0.341 e. The molecular weight excluding hydrogens is 264 g/mol. The molecule has 0 aliphatic heterocycles. The van der Waals surface area contributed by atoms with Gasteiger partial charge in [0, 0.05) is 11.9 Å². The van der Waals surface area contributed by atoms with Gasteiger partial charge >= 0.3 is 12.0 Å². The van der Waals surface area contributed by atoms with Gasteiger partial charge in [-0.2, -0.15) is 5.10 Å². The summed E-state index contributed by atoms with van der Waals surface area (Å²) in [6.45, 7) is -0.409. The van der Waals surface area contributed by atoms with Gasteiger partial charge in [0.05, 0.1) is 11.9 Å². The highest BCUT2D eigenvalue weighted by Gasteiger charge is 2.04. The van der Waals surface area contributed by atoms with E-state index in [4.69, 9.17) is 9.84 Å². The van der Waals surface area contributed by atoms with Crippen molar-refractivity contribution in [2.75, 3.05) is 17.2 Å². The molecule has 0 spiro atoms. The van der Waals surface area contributed by atoms with Gasteiger partial charge in [0.1, 0.15) is 5.75 Å². The summed E-state index contributed by atoms with van der Waals surface area (Å²) in [5, 5.41) is 19.9. The second-order valence-electron chi connectivity index (χ2n) is 3.77. The van der Waals surface area contributed by atoms with Gasteiger partial charge in [-0.1, -0.05) is 0 Å². The highest BCUT2D eigenvalue weighted by atomic mass is 16.5. The van der Waals surface area contributed by atoms with E-state index in [0.717, 1.165) is 0 Å². The minimum Gasteiger partial charge on any atom is -0.482 e. The summed E-state index contributed by atoms with van der Waals surface area (Å²) < 4.78 is 4.97. The molecular formula is C12H12N4O4. The van der Waals surface area contributed by atoms with Crippen molar-refractivity contribution in [3.05, 3.63) is 36.7 Å². The molecule has 0 fully saturated rings. The number of carboxylic acid groups (broad SMARTS) is 1. The Kier molecular flexibility index (Phi) is 4.17. The number of carboxylic acids is 1. The summed E-state index contributed by atoms with van der Waals surface area (Å²) in [7, 11) is 0. The van der Waals surface area contributed by atoms with Crippen molar-refractivity contribution in [3.63, 3.8) is 0 Å². The number of benzene rings is 1. The van der Waals surface area contributed by atoms with Crippen LogP contribution < -0.4 is 15.4 Å². The zero-order valence-electron chi connectivity index (χ0n) is 10.3. The highest BCUT2D eigenvalue weighted by molar-refractivity contribution is 5.99. The second kappa shape index (κ2) is 6.23. The molecule has 0 radical (unpaired) electrons.